The second-order valence-electron chi connectivity index (χ2n) is 4.98. The predicted octanol–water partition coefficient (Wildman–Crippen LogP) is 3.54. The summed E-state index contributed by atoms with van der Waals surface area (Å²) in [6.07, 6.45) is 2.02. The fraction of sp³-hybridized carbons (Fsp3) is 0.429. The average Bonchev–Trinajstić information content (AvgIpc) is 3.09. The summed E-state index contributed by atoms with van der Waals surface area (Å²) in [4.78, 5) is 19.1. The molecule has 1 fully saturated rings. The molecule has 1 atom stereocenters. The molecule has 1 saturated heterocycles. The maximum absolute atomic E-state index is 12.1. The van der Waals surface area contributed by atoms with E-state index in [1.165, 1.54) is 16.2 Å². The first kappa shape index (κ1) is 16.4. The lowest BCUT2D eigenvalue weighted by molar-refractivity contribution is -0.120. The van der Waals surface area contributed by atoms with Gasteiger partial charge < -0.3 is 10.6 Å². The molecule has 1 amide bonds. The van der Waals surface area contributed by atoms with Gasteiger partial charge in [0.05, 0.1) is 16.5 Å². The molecular weight excluding hydrogens is 326 g/mol. The van der Waals surface area contributed by atoms with Crippen LogP contribution in [0.25, 0.3) is 10.6 Å². The first-order valence-electron chi connectivity index (χ1n) is 6.76. The highest BCUT2D eigenvalue weighted by atomic mass is 35.5. The number of anilines is 1. The zero-order valence-corrected chi connectivity index (χ0v) is 14.2. The van der Waals surface area contributed by atoms with Crippen LogP contribution in [0, 0.1) is 12.8 Å². The molecule has 0 aliphatic carbocycles. The molecule has 0 saturated carbocycles. The zero-order chi connectivity index (χ0) is 13.9. The average molecular weight is 344 g/mol. The Kier molecular flexibility index (Phi) is 5.75. The standard InChI is InChI=1S/C14H17N3OS2.ClH/c1-9-4-5-12(20-9)11-8-19-14(16-11)17-13(18)10-3-2-6-15-7-10;/h4-5,8,10,15H,2-3,6-7H2,1H3,(H,16,17,18);1H. The van der Waals surface area contributed by atoms with Crippen LogP contribution in [0.3, 0.4) is 0 Å². The Hall–Kier alpha value is -0.950. The number of hydrogen-bond acceptors (Lipinski definition) is 5. The maximum Gasteiger partial charge on any atom is 0.230 e. The van der Waals surface area contributed by atoms with Gasteiger partial charge >= 0.3 is 0 Å². The van der Waals surface area contributed by atoms with Crippen molar-refractivity contribution in [1.29, 1.82) is 0 Å². The first-order chi connectivity index (χ1) is 9.72. The van der Waals surface area contributed by atoms with E-state index in [0.29, 0.717) is 5.13 Å². The van der Waals surface area contributed by atoms with Crippen molar-refractivity contribution in [1.82, 2.24) is 10.3 Å². The summed E-state index contributed by atoms with van der Waals surface area (Å²) >= 11 is 3.21. The molecule has 21 heavy (non-hydrogen) atoms. The summed E-state index contributed by atoms with van der Waals surface area (Å²) in [5.74, 6) is 0.153. The molecule has 1 aliphatic rings. The lowest BCUT2D eigenvalue weighted by atomic mass is 9.99. The molecule has 2 N–H and O–H groups in total. The fourth-order valence-corrected chi connectivity index (χ4v) is 3.92. The van der Waals surface area contributed by atoms with Crippen molar-refractivity contribution in [2.45, 2.75) is 19.8 Å². The van der Waals surface area contributed by atoms with E-state index < -0.39 is 0 Å². The van der Waals surface area contributed by atoms with Gasteiger partial charge in [-0.1, -0.05) is 0 Å². The molecule has 2 aromatic rings. The van der Waals surface area contributed by atoms with E-state index >= 15 is 0 Å². The summed E-state index contributed by atoms with van der Waals surface area (Å²) < 4.78 is 0. The summed E-state index contributed by atoms with van der Waals surface area (Å²) in [5, 5.41) is 8.90. The molecule has 4 nitrogen and oxygen atoms in total. The van der Waals surface area contributed by atoms with Gasteiger partial charge in [-0.2, -0.15) is 0 Å². The van der Waals surface area contributed by atoms with Gasteiger partial charge in [0.2, 0.25) is 5.91 Å². The second kappa shape index (κ2) is 7.35. The highest BCUT2D eigenvalue weighted by Crippen LogP contribution is 2.30. The molecule has 7 heteroatoms. The van der Waals surface area contributed by atoms with Gasteiger partial charge in [-0.05, 0) is 38.4 Å². The van der Waals surface area contributed by atoms with Gasteiger partial charge in [-0.25, -0.2) is 4.98 Å². The highest BCUT2D eigenvalue weighted by Gasteiger charge is 2.21. The third-order valence-electron chi connectivity index (χ3n) is 3.39. The van der Waals surface area contributed by atoms with Crippen LogP contribution in [-0.2, 0) is 4.79 Å². The lowest BCUT2D eigenvalue weighted by Gasteiger charge is -2.21. The van der Waals surface area contributed by atoms with Crippen molar-refractivity contribution in [2.75, 3.05) is 18.4 Å². The number of amides is 1. The maximum atomic E-state index is 12.1. The smallest absolute Gasteiger partial charge is 0.230 e. The SMILES string of the molecule is Cc1ccc(-c2csc(NC(=O)C3CCCNC3)n2)s1.Cl. The van der Waals surface area contributed by atoms with Crippen LogP contribution >= 0.6 is 35.1 Å². The number of rotatable bonds is 3. The number of aryl methyl sites for hydroxylation is 1. The van der Waals surface area contributed by atoms with Crippen LogP contribution < -0.4 is 10.6 Å². The minimum atomic E-state index is 0. The predicted molar refractivity (Wildman–Crippen MR) is 91.6 cm³/mol. The molecular formula is C14H18ClN3OS2. The lowest BCUT2D eigenvalue weighted by Crippen LogP contribution is -2.37. The van der Waals surface area contributed by atoms with Crippen molar-refractivity contribution < 1.29 is 4.79 Å². The fourth-order valence-electron chi connectivity index (χ4n) is 2.30. The van der Waals surface area contributed by atoms with Crippen molar-refractivity contribution in [3.63, 3.8) is 0 Å². The van der Waals surface area contributed by atoms with Gasteiger partial charge in [0.1, 0.15) is 0 Å². The Morgan fingerprint density at radius 3 is 3.00 bits per heavy atom. The summed E-state index contributed by atoms with van der Waals surface area (Å²) in [5.41, 5.74) is 0.949. The van der Waals surface area contributed by atoms with Crippen LogP contribution in [0.15, 0.2) is 17.5 Å². The minimum absolute atomic E-state index is 0. The van der Waals surface area contributed by atoms with Crippen LogP contribution in [-0.4, -0.2) is 24.0 Å². The highest BCUT2D eigenvalue weighted by molar-refractivity contribution is 7.17. The van der Waals surface area contributed by atoms with Crippen molar-refractivity contribution >= 4 is 46.1 Å². The van der Waals surface area contributed by atoms with E-state index in [2.05, 4.69) is 34.7 Å². The number of carbonyl (C=O) groups is 1. The van der Waals surface area contributed by atoms with Gasteiger partial charge in [0.25, 0.3) is 0 Å². The minimum Gasteiger partial charge on any atom is -0.316 e. The number of thiophene rings is 1. The van der Waals surface area contributed by atoms with Crippen LogP contribution in [0.2, 0.25) is 0 Å². The van der Waals surface area contributed by atoms with Gasteiger partial charge in [-0.3, -0.25) is 4.79 Å². The van der Waals surface area contributed by atoms with Crippen LogP contribution in [0.5, 0.6) is 0 Å². The topological polar surface area (TPSA) is 54.0 Å². The second-order valence-corrected chi connectivity index (χ2v) is 7.13. The monoisotopic (exact) mass is 343 g/mol. The number of carbonyl (C=O) groups excluding carboxylic acids is 1. The Balaban J connectivity index is 0.00000161. The van der Waals surface area contributed by atoms with Crippen molar-refractivity contribution in [3.8, 4) is 10.6 Å². The first-order valence-corrected chi connectivity index (χ1v) is 8.46. The normalized spacial score (nSPS) is 18.0. The van der Waals surface area contributed by atoms with E-state index in [1.54, 1.807) is 11.3 Å². The zero-order valence-electron chi connectivity index (χ0n) is 11.7. The number of nitrogens with one attached hydrogen (secondary N) is 2. The van der Waals surface area contributed by atoms with E-state index in [4.69, 9.17) is 0 Å². The van der Waals surface area contributed by atoms with E-state index in [9.17, 15) is 4.79 Å². The molecule has 0 bridgehead atoms. The number of aromatic nitrogens is 1. The number of hydrogen-bond donors (Lipinski definition) is 2. The van der Waals surface area contributed by atoms with Gasteiger partial charge in [0.15, 0.2) is 5.13 Å². The molecule has 3 rings (SSSR count). The van der Waals surface area contributed by atoms with Gasteiger partial charge in [-0.15, -0.1) is 35.1 Å². The molecule has 0 aromatic carbocycles. The van der Waals surface area contributed by atoms with Gasteiger partial charge in [0, 0.05) is 16.8 Å². The quantitative estimate of drug-likeness (QED) is 0.896. The van der Waals surface area contributed by atoms with E-state index in [-0.39, 0.29) is 24.2 Å². The number of piperidine rings is 1. The summed E-state index contributed by atoms with van der Waals surface area (Å²) in [6.45, 7) is 3.87. The molecule has 0 spiro atoms. The van der Waals surface area contributed by atoms with Crippen molar-refractivity contribution in [3.05, 3.63) is 22.4 Å². The summed E-state index contributed by atoms with van der Waals surface area (Å²) in [6, 6.07) is 4.16. The summed E-state index contributed by atoms with van der Waals surface area (Å²) in [7, 11) is 0. The largest absolute Gasteiger partial charge is 0.316 e. The molecule has 1 aliphatic heterocycles. The number of thiazole rings is 1. The van der Waals surface area contributed by atoms with E-state index in [0.717, 1.165) is 36.5 Å². The van der Waals surface area contributed by atoms with Crippen LogP contribution in [0.4, 0.5) is 5.13 Å². The Bertz CT molecular complexity index is 605. The Labute approximate surface area is 138 Å². The molecule has 2 aromatic heterocycles. The third kappa shape index (κ3) is 4.03. The Morgan fingerprint density at radius 1 is 1.48 bits per heavy atom. The molecule has 3 heterocycles. The number of halogens is 1. The van der Waals surface area contributed by atoms with E-state index in [1.807, 2.05) is 5.38 Å². The number of nitrogens with zero attached hydrogens (tertiary/aromatic N) is 1. The molecule has 1 unspecified atom stereocenters. The van der Waals surface area contributed by atoms with Crippen LogP contribution in [0.1, 0.15) is 17.7 Å². The third-order valence-corrected chi connectivity index (χ3v) is 5.18. The molecule has 114 valence electrons. The van der Waals surface area contributed by atoms with Crippen molar-refractivity contribution in [2.24, 2.45) is 5.92 Å². The Morgan fingerprint density at radius 2 is 2.33 bits per heavy atom. The molecule has 0 radical (unpaired) electrons.